The number of ether oxygens (including phenoxy) is 1. The molecule has 0 atom stereocenters. The van der Waals surface area contributed by atoms with Gasteiger partial charge in [-0.15, -0.1) is 0 Å². The molecule has 0 aliphatic rings. The Kier molecular flexibility index (Phi) is 5.92. The molecule has 2 N–H and O–H groups in total. The van der Waals surface area contributed by atoms with Crippen LogP contribution in [-0.2, 0) is 10.0 Å². The Labute approximate surface area is 152 Å². The van der Waals surface area contributed by atoms with Crippen LogP contribution in [0.3, 0.4) is 0 Å². The Hall–Kier alpha value is -2.25. The summed E-state index contributed by atoms with van der Waals surface area (Å²) < 4.78 is 32.8. The molecule has 8 heteroatoms. The predicted molar refractivity (Wildman–Crippen MR) is 97.9 cm³/mol. The Morgan fingerprint density at radius 2 is 1.88 bits per heavy atom. The lowest BCUT2D eigenvalue weighted by atomic mass is 10.2. The van der Waals surface area contributed by atoms with E-state index in [-0.39, 0.29) is 28.1 Å². The second kappa shape index (κ2) is 7.76. The number of amides is 1. The summed E-state index contributed by atoms with van der Waals surface area (Å²) in [5, 5.41) is 3.09. The van der Waals surface area contributed by atoms with Crippen molar-refractivity contribution in [3.05, 3.63) is 53.1 Å². The molecule has 2 aromatic rings. The normalized spacial score (nSPS) is 11.2. The predicted octanol–water partition coefficient (Wildman–Crippen LogP) is 3.29. The molecule has 0 unspecified atom stereocenters. The highest BCUT2D eigenvalue weighted by atomic mass is 35.5. The second-order valence-corrected chi connectivity index (χ2v) is 7.72. The van der Waals surface area contributed by atoms with Gasteiger partial charge in [0.15, 0.2) is 0 Å². The maximum absolute atomic E-state index is 12.6. The minimum Gasteiger partial charge on any atom is -0.495 e. The fourth-order valence-corrected chi connectivity index (χ4v) is 3.39. The smallest absolute Gasteiger partial charge is 0.262 e. The summed E-state index contributed by atoms with van der Waals surface area (Å²) in [5.41, 5.74) is 0.474. The summed E-state index contributed by atoms with van der Waals surface area (Å²) in [5.74, 6) is -0.00549. The molecule has 6 nitrogen and oxygen atoms in total. The fourth-order valence-electron chi connectivity index (χ4n) is 2.11. The summed E-state index contributed by atoms with van der Waals surface area (Å²) in [4.78, 5) is 12.0. The average Bonchev–Trinajstić information content (AvgIpc) is 2.54. The number of hydrogen-bond acceptors (Lipinski definition) is 4. The molecule has 134 valence electrons. The lowest BCUT2D eigenvalue weighted by Gasteiger charge is -2.13. The van der Waals surface area contributed by atoms with Crippen LogP contribution < -0.4 is 14.8 Å². The van der Waals surface area contributed by atoms with Gasteiger partial charge in [0.2, 0.25) is 0 Å². The number of nitrogens with one attached hydrogen (secondary N) is 2. The van der Waals surface area contributed by atoms with E-state index >= 15 is 0 Å². The molecule has 0 saturated heterocycles. The number of rotatable bonds is 6. The van der Waals surface area contributed by atoms with Crippen LogP contribution in [-0.4, -0.2) is 27.5 Å². The standard InChI is InChI=1S/C17H19ClN2O4S/c1-11(2)19-17(21)12-5-4-6-14(9-12)25(22,23)20-15-10-13(18)7-8-16(15)24-3/h4-11,20H,1-3H3,(H,19,21). The first-order valence-electron chi connectivity index (χ1n) is 7.50. The first-order valence-corrected chi connectivity index (χ1v) is 9.36. The minimum atomic E-state index is -3.92. The number of halogens is 1. The molecule has 0 spiro atoms. The molecular formula is C17H19ClN2O4S. The number of anilines is 1. The van der Waals surface area contributed by atoms with Crippen LogP contribution in [0.15, 0.2) is 47.4 Å². The van der Waals surface area contributed by atoms with E-state index < -0.39 is 10.0 Å². The third kappa shape index (κ3) is 4.87. The molecule has 0 radical (unpaired) electrons. The molecule has 0 saturated carbocycles. The molecule has 0 aromatic heterocycles. The highest BCUT2D eigenvalue weighted by Gasteiger charge is 2.19. The van der Waals surface area contributed by atoms with E-state index in [2.05, 4.69) is 10.0 Å². The molecule has 0 heterocycles. The topological polar surface area (TPSA) is 84.5 Å². The lowest BCUT2D eigenvalue weighted by Crippen LogP contribution is -2.30. The quantitative estimate of drug-likeness (QED) is 0.802. The van der Waals surface area contributed by atoms with Gasteiger partial charge >= 0.3 is 0 Å². The lowest BCUT2D eigenvalue weighted by molar-refractivity contribution is 0.0943. The summed E-state index contributed by atoms with van der Waals surface area (Å²) >= 11 is 5.92. The van der Waals surface area contributed by atoms with Gasteiger partial charge in [0, 0.05) is 16.6 Å². The van der Waals surface area contributed by atoms with E-state index in [1.807, 2.05) is 13.8 Å². The molecule has 2 aromatic carbocycles. The zero-order valence-electron chi connectivity index (χ0n) is 14.0. The molecule has 0 aliphatic heterocycles. The van der Waals surface area contributed by atoms with Crippen molar-refractivity contribution < 1.29 is 17.9 Å². The van der Waals surface area contributed by atoms with Crippen LogP contribution in [0, 0.1) is 0 Å². The van der Waals surface area contributed by atoms with E-state index in [1.54, 1.807) is 18.2 Å². The Balaban J connectivity index is 2.34. The number of sulfonamides is 1. The van der Waals surface area contributed by atoms with Crippen LogP contribution in [0.4, 0.5) is 5.69 Å². The van der Waals surface area contributed by atoms with Crippen molar-refractivity contribution in [2.24, 2.45) is 0 Å². The number of benzene rings is 2. The van der Waals surface area contributed by atoms with E-state index in [0.29, 0.717) is 10.8 Å². The summed E-state index contributed by atoms with van der Waals surface area (Å²) in [7, 11) is -2.49. The maximum atomic E-state index is 12.6. The average molecular weight is 383 g/mol. The Morgan fingerprint density at radius 3 is 2.52 bits per heavy atom. The van der Waals surface area contributed by atoms with Gasteiger partial charge in [0.25, 0.3) is 15.9 Å². The summed E-state index contributed by atoms with van der Waals surface area (Å²) in [6.07, 6.45) is 0. The zero-order valence-corrected chi connectivity index (χ0v) is 15.6. The monoisotopic (exact) mass is 382 g/mol. The molecule has 0 fully saturated rings. The van der Waals surface area contributed by atoms with E-state index in [9.17, 15) is 13.2 Å². The highest BCUT2D eigenvalue weighted by molar-refractivity contribution is 7.92. The molecule has 2 rings (SSSR count). The van der Waals surface area contributed by atoms with Gasteiger partial charge in [0.1, 0.15) is 5.75 Å². The van der Waals surface area contributed by atoms with Crippen molar-refractivity contribution in [2.45, 2.75) is 24.8 Å². The number of hydrogen-bond donors (Lipinski definition) is 2. The van der Waals surface area contributed by atoms with Crippen molar-refractivity contribution in [3.8, 4) is 5.75 Å². The van der Waals surface area contributed by atoms with Crippen LogP contribution >= 0.6 is 11.6 Å². The molecule has 0 aliphatic carbocycles. The van der Waals surface area contributed by atoms with Crippen LogP contribution in [0.5, 0.6) is 5.75 Å². The molecule has 1 amide bonds. The number of methoxy groups -OCH3 is 1. The maximum Gasteiger partial charge on any atom is 0.262 e. The van der Waals surface area contributed by atoms with Crippen LogP contribution in [0.25, 0.3) is 0 Å². The SMILES string of the molecule is COc1ccc(Cl)cc1NS(=O)(=O)c1cccc(C(=O)NC(C)C)c1. The zero-order chi connectivity index (χ0) is 18.6. The van der Waals surface area contributed by atoms with Crippen LogP contribution in [0.1, 0.15) is 24.2 Å². The van der Waals surface area contributed by atoms with Gasteiger partial charge in [-0.1, -0.05) is 17.7 Å². The van der Waals surface area contributed by atoms with Crippen molar-refractivity contribution in [1.29, 1.82) is 0 Å². The number of carbonyl (C=O) groups excluding carboxylic acids is 1. The van der Waals surface area contributed by atoms with Gasteiger partial charge in [-0.05, 0) is 50.2 Å². The van der Waals surface area contributed by atoms with E-state index in [4.69, 9.17) is 16.3 Å². The summed E-state index contributed by atoms with van der Waals surface area (Å²) in [6, 6.07) is 10.3. The van der Waals surface area contributed by atoms with Crippen molar-refractivity contribution in [3.63, 3.8) is 0 Å². The van der Waals surface area contributed by atoms with Crippen molar-refractivity contribution in [1.82, 2.24) is 5.32 Å². The fraction of sp³-hybridized carbons (Fsp3) is 0.235. The van der Waals surface area contributed by atoms with Crippen LogP contribution in [0.2, 0.25) is 5.02 Å². The van der Waals surface area contributed by atoms with E-state index in [1.165, 1.54) is 31.4 Å². The largest absolute Gasteiger partial charge is 0.495 e. The van der Waals surface area contributed by atoms with Gasteiger partial charge < -0.3 is 10.1 Å². The molecular weight excluding hydrogens is 364 g/mol. The van der Waals surface area contributed by atoms with Crippen molar-refractivity contribution in [2.75, 3.05) is 11.8 Å². The minimum absolute atomic E-state index is 0.0362. The van der Waals surface area contributed by atoms with Gasteiger partial charge in [-0.2, -0.15) is 0 Å². The van der Waals surface area contributed by atoms with Crippen molar-refractivity contribution >= 4 is 33.2 Å². The Bertz CT molecular complexity index is 882. The third-order valence-electron chi connectivity index (χ3n) is 3.23. The van der Waals surface area contributed by atoms with Gasteiger partial charge in [0.05, 0.1) is 17.7 Å². The van der Waals surface area contributed by atoms with E-state index in [0.717, 1.165) is 0 Å². The highest BCUT2D eigenvalue weighted by Crippen LogP contribution is 2.29. The Morgan fingerprint density at radius 1 is 1.16 bits per heavy atom. The first-order chi connectivity index (χ1) is 11.7. The third-order valence-corrected chi connectivity index (χ3v) is 4.83. The second-order valence-electron chi connectivity index (χ2n) is 5.61. The van der Waals surface area contributed by atoms with Gasteiger partial charge in [-0.25, -0.2) is 8.42 Å². The summed E-state index contributed by atoms with van der Waals surface area (Å²) in [6.45, 7) is 3.65. The molecule has 25 heavy (non-hydrogen) atoms. The number of carbonyl (C=O) groups is 1. The van der Waals surface area contributed by atoms with Gasteiger partial charge in [-0.3, -0.25) is 9.52 Å². The molecule has 0 bridgehead atoms. The first kappa shape index (κ1) is 19.1.